The third-order valence-corrected chi connectivity index (χ3v) is 2.92. The second-order valence-electron chi connectivity index (χ2n) is 4.11. The summed E-state index contributed by atoms with van der Waals surface area (Å²) in [7, 11) is 0. The quantitative estimate of drug-likeness (QED) is 0.862. The van der Waals surface area contributed by atoms with Gasteiger partial charge in [-0.15, -0.1) is 0 Å². The number of hydrogen-bond acceptors (Lipinski definition) is 4. The average molecular weight is 349 g/mol. The molecule has 0 bridgehead atoms. The monoisotopic (exact) mass is 348 g/mol. The molecule has 0 saturated heterocycles. The highest BCUT2D eigenvalue weighted by Crippen LogP contribution is 2.17. The van der Waals surface area contributed by atoms with Crippen molar-refractivity contribution in [3.63, 3.8) is 0 Å². The van der Waals surface area contributed by atoms with Gasteiger partial charge in [0.25, 0.3) is 5.91 Å². The van der Waals surface area contributed by atoms with Gasteiger partial charge in [0, 0.05) is 10.5 Å². The molecule has 0 radical (unpaired) electrons. The number of halogens is 1. The number of nitrogens with one attached hydrogen (secondary N) is 1. The lowest BCUT2D eigenvalue weighted by Gasteiger charge is -2.01. The van der Waals surface area contributed by atoms with Crippen LogP contribution >= 0.6 is 15.9 Å². The fraction of sp³-hybridized carbons (Fsp3) is 0.200. The van der Waals surface area contributed by atoms with E-state index in [1.807, 2.05) is 24.3 Å². The van der Waals surface area contributed by atoms with Gasteiger partial charge >= 0.3 is 0 Å². The van der Waals surface area contributed by atoms with Crippen LogP contribution in [0.1, 0.15) is 16.2 Å². The predicted molar refractivity (Wildman–Crippen MR) is 81.0 cm³/mol. The third-order valence-electron chi connectivity index (χ3n) is 2.43. The number of aryl methyl sites for hydroxylation is 1. The Bertz CT molecular complexity index is 685. The van der Waals surface area contributed by atoms with Crippen molar-refractivity contribution in [1.29, 1.82) is 0 Å². The molecule has 0 aliphatic heterocycles. The van der Waals surface area contributed by atoms with E-state index in [9.17, 15) is 4.79 Å². The minimum absolute atomic E-state index is 0.229. The molecule has 6 heteroatoms. The highest BCUT2D eigenvalue weighted by atomic mass is 79.9. The van der Waals surface area contributed by atoms with E-state index in [1.165, 1.54) is 0 Å². The molecule has 0 aliphatic rings. The zero-order chi connectivity index (χ0) is 15.1. The van der Waals surface area contributed by atoms with Gasteiger partial charge in [0.05, 0.1) is 6.54 Å². The normalized spacial score (nSPS) is 9.62. The van der Waals surface area contributed by atoms with Crippen LogP contribution in [0.15, 0.2) is 39.3 Å². The van der Waals surface area contributed by atoms with Crippen LogP contribution in [0.25, 0.3) is 0 Å². The molecule has 2 aromatic rings. The molecule has 0 fully saturated rings. The van der Waals surface area contributed by atoms with Gasteiger partial charge in [-0.05, 0) is 25.1 Å². The number of carbonyl (C=O) groups is 1. The van der Waals surface area contributed by atoms with Crippen LogP contribution in [0, 0.1) is 18.8 Å². The van der Waals surface area contributed by atoms with Gasteiger partial charge in [0.15, 0.2) is 5.69 Å². The van der Waals surface area contributed by atoms with Crippen molar-refractivity contribution in [2.75, 3.05) is 13.2 Å². The smallest absolute Gasteiger partial charge is 0.274 e. The van der Waals surface area contributed by atoms with E-state index < -0.39 is 0 Å². The number of carbonyl (C=O) groups excluding carboxylic acids is 1. The number of benzene rings is 1. The average Bonchev–Trinajstić information content (AvgIpc) is 2.89. The van der Waals surface area contributed by atoms with Crippen molar-refractivity contribution in [3.05, 3.63) is 46.3 Å². The predicted octanol–water partition coefficient (Wildman–Crippen LogP) is 2.56. The largest absolute Gasteiger partial charge is 0.481 e. The molecule has 0 saturated carbocycles. The molecule has 1 heterocycles. The Kier molecular flexibility index (Phi) is 5.41. The van der Waals surface area contributed by atoms with Crippen molar-refractivity contribution in [3.8, 4) is 17.6 Å². The summed E-state index contributed by atoms with van der Waals surface area (Å²) in [6.07, 6.45) is 0. The third kappa shape index (κ3) is 4.97. The van der Waals surface area contributed by atoms with E-state index in [0.717, 1.165) is 10.2 Å². The number of hydrogen-bond donors (Lipinski definition) is 1. The van der Waals surface area contributed by atoms with Gasteiger partial charge < -0.3 is 14.6 Å². The number of nitrogens with zero attached hydrogens (tertiary/aromatic N) is 1. The Hall–Kier alpha value is -2.26. The number of rotatable bonds is 4. The maximum atomic E-state index is 11.6. The maximum absolute atomic E-state index is 11.6. The number of amides is 1. The summed E-state index contributed by atoms with van der Waals surface area (Å²) in [6, 6.07) is 9.07. The molecule has 5 nitrogen and oxygen atoms in total. The fourth-order valence-electron chi connectivity index (χ4n) is 1.48. The van der Waals surface area contributed by atoms with Crippen LogP contribution in [0.3, 0.4) is 0 Å². The summed E-state index contributed by atoms with van der Waals surface area (Å²) in [5.74, 6) is 6.64. The topological polar surface area (TPSA) is 64.4 Å². The Morgan fingerprint density at radius 1 is 1.43 bits per heavy atom. The standard InChI is InChI=1S/C15H13BrN2O3/c1-11-9-14(18-21-11)15(19)17-7-2-3-8-20-13-6-4-5-12(16)10-13/h4-6,9-10H,7-8H2,1H3,(H,17,19). The van der Waals surface area contributed by atoms with Crippen molar-refractivity contribution in [2.45, 2.75) is 6.92 Å². The second kappa shape index (κ2) is 7.50. The number of aromatic nitrogens is 1. The van der Waals surface area contributed by atoms with E-state index in [0.29, 0.717) is 5.76 Å². The Morgan fingerprint density at radius 3 is 3.00 bits per heavy atom. The van der Waals surface area contributed by atoms with Gasteiger partial charge in [-0.3, -0.25) is 4.79 Å². The van der Waals surface area contributed by atoms with E-state index >= 15 is 0 Å². The van der Waals surface area contributed by atoms with Crippen LogP contribution in [0.5, 0.6) is 5.75 Å². The lowest BCUT2D eigenvalue weighted by molar-refractivity contribution is 0.0949. The summed E-state index contributed by atoms with van der Waals surface area (Å²) < 4.78 is 11.2. The summed E-state index contributed by atoms with van der Waals surface area (Å²) >= 11 is 3.36. The summed E-state index contributed by atoms with van der Waals surface area (Å²) in [6.45, 7) is 2.21. The highest BCUT2D eigenvalue weighted by Gasteiger charge is 2.08. The SMILES string of the molecule is Cc1cc(C(=O)NCC#CCOc2cccc(Br)c2)no1. The molecule has 1 aromatic carbocycles. The summed E-state index contributed by atoms with van der Waals surface area (Å²) in [5.41, 5.74) is 0.250. The number of ether oxygens (including phenoxy) is 1. The first kappa shape index (κ1) is 15.1. The maximum Gasteiger partial charge on any atom is 0.274 e. The van der Waals surface area contributed by atoms with Gasteiger partial charge in [-0.1, -0.05) is 39.0 Å². The highest BCUT2D eigenvalue weighted by molar-refractivity contribution is 9.10. The fourth-order valence-corrected chi connectivity index (χ4v) is 1.86. The molecule has 0 spiro atoms. The van der Waals surface area contributed by atoms with Gasteiger partial charge in [0.1, 0.15) is 18.1 Å². The van der Waals surface area contributed by atoms with Crippen LogP contribution in [-0.2, 0) is 0 Å². The van der Waals surface area contributed by atoms with Gasteiger partial charge in [0.2, 0.25) is 0 Å². The van der Waals surface area contributed by atoms with E-state index in [4.69, 9.17) is 9.26 Å². The Morgan fingerprint density at radius 2 is 2.29 bits per heavy atom. The van der Waals surface area contributed by atoms with Crippen LogP contribution in [0.2, 0.25) is 0 Å². The molecule has 2 rings (SSSR count). The Labute approximate surface area is 130 Å². The molecule has 21 heavy (non-hydrogen) atoms. The molecule has 1 N–H and O–H groups in total. The first-order chi connectivity index (χ1) is 10.1. The van der Waals surface area contributed by atoms with Crippen LogP contribution < -0.4 is 10.1 Å². The van der Waals surface area contributed by atoms with Crippen LogP contribution in [0.4, 0.5) is 0 Å². The molecule has 0 aliphatic carbocycles. The molecule has 1 amide bonds. The van der Waals surface area contributed by atoms with Crippen molar-refractivity contribution in [2.24, 2.45) is 0 Å². The Balaban J connectivity index is 1.71. The molecule has 1 aromatic heterocycles. The summed E-state index contributed by atoms with van der Waals surface area (Å²) in [5, 5.41) is 6.24. The van der Waals surface area contributed by atoms with Gasteiger partial charge in [-0.25, -0.2) is 0 Å². The van der Waals surface area contributed by atoms with Crippen LogP contribution in [-0.4, -0.2) is 24.2 Å². The van der Waals surface area contributed by atoms with Crippen molar-refractivity contribution in [1.82, 2.24) is 10.5 Å². The van der Waals surface area contributed by atoms with E-state index in [1.54, 1.807) is 13.0 Å². The first-order valence-electron chi connectivity index (χ1n) is 6.21. The molecular formula is C15H13BrN2O3. The molecule has 0 atom stereocenters. The van der Waals surface area contributed by atoms with Gasteiger partial charge in [-0.2, -0.15) is 0 Å². The lowest BCUT2D eigenvalue weighted by Crippen LogP contribution is -2.23. The first-order valence-corrected chi connectivity index (χ1v) is 7.00. The minimum atomic E-state index is -0.311. The lowest BCUT2D eigenvalue weighted by atomic mass is 10.3. The van der Waals surface area contributed by atoms with Crippen molar-refractivity contribution >= 4 is 21.8 Å². The minimum Gasteiger partial charge on any atom is -0.481 e. The van der Waals surface area contributed by atoms with E-state index in [-0.39, 0.29) is 24.8 Å². The molecule has 0 unspecified atom stereocenters. The molecule has 108 valence electrons. The second-order valence-corrected chi connectivity index (χ2v) is 5.02. The summed E-state index contributed by atoms with van der Waals surface area (Å²) in [4.78, 5) is 11.6. The van der Waals surface area contributed by atoms with E-state index in [2.05, 4.69) is 38.2 Å². The zero-order valence-electron chi connectivity index (χ0n) is 11.4. The van der Waals surface area contributed by atoms with Crippen molar-refractivity contribution < 1.29 is 14.1 Å². The zero-order valence-corrected chi connectivity index (χ0v) is 12.9. The molecular weight excluding hydrogens is 336 g/mol.